The minimum Gasteiger partial charge on any atom is -0.383 e. The molecule has 1 saturated carbocycles. The van der Waals surface area contributed by atoms with Gasteiger partial charge < -0.3 is 15.0 Å². The Kier molecular flexibility index (Phi) is 6.49. The number of rotatable bonds is 7. The first-order chi connectivity index (χ1) is 10.9. The average Bonchev–Trinajstić information content (AvgIpc) is 2.44. The Hall–Kier alpha value is -0.610. The zero-order chi connectivity index (χ0) is 17.0. The highest BCUT2D eigenvalue weighted by Crippen LogP contribution is 2.49. The summed E-state index contributed by atoms with van der Waals surface area (Å²) in [7, 11) is 1.77. The Morgan fingerprint density at radius 2 is 1.74 bits per heavy atom. The Morgan fingerprint density at radius 3 is 2.22 bits per heavy atom. The van der Waals surface area contributed by atoms with Crippen LogP contribution in [0, 0.1) is 23.2 Å². The lowest BCUT2D eigenvalue weighted by Crippen LogP contribution is -2.56. The van der Waals surface area contributed by atoms with E-state index in [1.807, 2.05) is 0 Å². The van der Waals surface area contributed by atoms with Crippen LogP contribution in [0.3, 0.4) is 0 Å². The number of carbonyl (C=O) groups is 1. The molecule has 1 spiro atoms. The molecule has 0 atom stereocenters. The van der Waals surface area contributed by atoms with E-state index in [4.69, 9.17) is 4.74 Å². The fraction of sp³-hybridized carbons (Fsp3) is 0.947. The van der Waals surface area contributed by atoms with Crippen molar-refractivity contribution in [2.24, 2.45) is 23.2 Å². The Labute approximate surface area is 142 Å². The van der Waals surface area contributed by atoms with E-state index in [-0.39, 0.29) is 11.8 Å². The first-order valence-electron chi connectivity index (χ1n) is 9.38. The minimum absolute atomic E-state index is 0.141. The van der Waals surface area contributed by atoms with Gasteiger partial charge in [-0.15, -0.1) is 0 Å². The van der Waals surface area contributed by atoms with Gasteiger partial charge >= 0.3 is 0 Å². The van der Waals surface area contributed by atoms with E-state index < -0.39 is 0 Å². The summed E-state index contributed by atoms with van der Waals surface area (Å²) in [5, 5.41) is 3.32. The summed E-state index contributed by atoms with van der Waals surface area (Å²) in [6.45, 7) is 12.9. The third kappa shape index (κ3) is 4.69. The van der Waals surface area contributed by atoms with Gasteiger partial charge in [-0.1, -0.05) is 27.7 Å². The van der Waals surface area contributed by atoms with Crippen LogP contribution in [0.15, 0.2) is 0 Å². The van der Waals surface area contributed by atoms with E-state index >= 15 is 0 Å². The molecular formula is C19H36N2O2. The molecule has 1 saturated heterocycles. The fourth-order valence-corrected chi connectivity index (χ4v) is 4.64. The Morgan fingerprint density at radius 1 is 1.17 bits per heavy atom. The van der Waals surface area contributed by atoms with E-state index in [1.165, 1.54) is 38.8 Å². The van der Waals surface area contributed by atoms with Crippen molar-refractivity contribution < 1.29 is 9.53 Å². The van der Waals surface area contributed by atoms with E-state index in [2.05, 4.69) is 37.9 Å². The summed E-state index contributed by atoms with van der Waals surface area (Å²) in [6, 6.07) is 0.410. The SMILES string of the molecule is COCCN1CCC2(CC1)CC(NC(=O)C(C(C)C)C(C)C)C2. The predicted molar refractivity (Wildman–Crippen MR) is 94.3 cm³/mol. The van der Waals surface area contributed by atoms with Crippen LogP contribution in [0.4, 0.5) is 0 Å². The minimum atomic E-state index is 0.141. The second-order valence-electron chi connectivity index (χ2n) is 8.46. The number of methoxy groups -OCH3 is 1. The van der Waals surface area contributed by atoms with Gasteiger partial charge in [0.05, 0.1) is 6.61 Å². The van der Waals surface area contributed by atoms with Crippen molar-refractivity contribution in [2.75, 3.05) is 33.4 Å². The number of hydrogen-bond donors (Lipinski definition) is 1. The van der Waals surface area contributed by atoms with Crippen LogP contribution in [0.1, 0.15) is 53.4 Å². The lowest BCUT2D eigenvalue weighted by molar-refractivity contribution is -0.130. The summed E-state index contributed by atoms with van der Waals surface area (Å²) in [6.07, 6.45) is 4.92. The Balaban J connectivity index is 1.74. The molecule has 134 valence electrons. The van der Waals surface area contributed by atoms with Crippen LogP contribution in [0.5, 0.6) is 0 Å². The number of ether oxygens (including phenoxy) is 1. The number of hydrogen-bond acceptors (Lipinski definition) is 3. The van der Waals surface area contributed by atoms with E-state index in [1.54, 1.807) is 7.11 Å². The molecule has 0 aromatic rings. The summed E-state index contributed by atoms with van der Waals surface area (Å²) in [5.41, 5.74) is 0.507. The molecule has 4 nitrogen and oxygen atoms in total. The molecule has 0 aromatic heterocycles. The number of nitrogens with one attached hydrogen (secondary N) is 1. The third-order valence-electron chi connectivity index (χ3n) is 5.97. The topological polar surface area (TPSA) is 41.6 Å². The molecule has 1 N–H and O–H groups in total. The molecule has 1 heterocycles. The van der Waals surface area contributed by atoms with Crippen molar-refractivity contribution >= 4 is 5.91 Å². The quantitative estimate of drug-likeness (QED) is 0.783. The van der Waals surface area contributed by atoms with Crippen LogP contribution >= 0.6 is 0 Å². The molecule has 0 radical (unpaired) electrons. The van der Waals surface area contributed by atoms with Crippen molar-refractivity contribution in [2.45, 2.75) is 59.4 Å². The van der Waals surface area contributed by atoms with Crippen molar-refractivity contribution in [3.05, 3.63) is 0 Å². The number of nitrogens with zero attached hydrogens (tertiary/aromatic N) is 1. The second-order valence-corrected chi connectivity index (χ2v) is 8.46. The van der Waals surface area contributed by atoms with E-state index in [0.29, 0.717) is 23.3 Å². The molecule has 2 rings (SSSR count). The summed E-state index contributed by atoms with van der Waals surface area (Å²) < 4.78 is 5.17. The molecule has 4 heteroatoms. The maximum atomic E-state index is 12.5. The molecule has 1 amide bonds. The van der Waals surface area contributed by atoms with Crippen molar-refractivity contribution in [1.82, 2.24) is 10.2 Å². The first kappa shape index (κ1) is 18.7. The second kappa shape index (κ2) is 7.98. The van der Waals surface area contributed by atoms with Gasteiger partial charge in [0, 0.05) is 25.6 Å². The zero-order valence-electron chi connectivity index (χ0n) is 15.7. The van der Waals surface area contributed by atoms with Crippen LogP contribution in [-0.2, 0) is 9.53 Å². The standard InChI is InChI=1S/C19H36N2O2/c1-14(2)17(15(3)4)18(22)20-16-12-19(13-16)6-8-21(9-7-19)10-11-23-5/h14-17H,6-13H2,1-5H3,(H,20,22). The monoisotopic (exact) mass is 324 g/mol. The molecule has 1 aliphatic carbocycles. The van der Waals surface area contributed by atoms with Gasteiger partial charge in [0.15, 0.2) is 0 Å². The summed E-state index contributed by atoms with van der Waals surface area (Å²) in [5.74, 6) is 1.23. The van der Waals surface area contributed by atoms with Gasteiger partial charge in [0.25, 0.3) is 0 Å². The fourth-order valence-electron chi connectivity index (χ4n) is 4.64. The lowest BCUT2D eigenvalue weighted by atomic mass is 9.60. The van der Waals surface area contributed by atoms with Gasteiger partial charge in [-0.2, -0.15) is 0 Å². The molecule has 2 aliphatic rings. The molecular weight excluding hydrogens is 288 g/mol. The van der Waals surface area contributed by atoms with Crippen LogP contribution in [0.2, 0.25) is 0 Å². The highest BCUT2D eigenvalue weighted by atomic mass is 16.5. The molecule has 1 aliphatic heterocycles. The van der Waals surface area contributed by atoms with E-state index in [0.717, 1.165) is 13.2 Å². The highest BCUT2D eigenvalue weighted by molar-refractivity contribution is 5.79. The normalized spacial score (nSPS) is 22.1. The van der Waals surface area contributed by atoms with Gasteiger partial charge in [0.1, 0.15) is 0 Å². The van der Waals surface area contributed by atoms with Gasteiger partial charge in [-0.05, 0) is 56.0 Å². The number of piperidine rings is 1. The van der Waals surface area contributed by atoms with Gasteiger partial charge in [-0.25, -0.2) is 0 Å². The largest absolute Gasteiger partial charge is 0.383 e. The van der Waals surface area contributed by atoms with Gasteiger partial charge in [0.2, 0.25) is 5.91 Å². The van der Waals surface area contributed by atoms with Crippen LogP contribution in [0.25, 0.3) is 0 Å². The maximum Gasteiger partial charge on any atom is 0.223 e. The number of amides is 1. The van der Waals surface area contributed by atoms with Crippen molar-refractivity contribution in [1.29, 1.82) is 0 Å². The summed E-state index contributed by atoms with van der Waals surface area (Å²) in [4.78, 5) is 15.0. The molecule has 0 unspecified atom stereocenters. The molecule has 0 aromatic carbocycles. The maximum absolute atomic E-state index is 12.5. The average molecular weight is 325 g/mol. The third-order valence-corrected chi connectivity index (χ3v) is 5.97. The first-order valence-corrected chi connectivity index (χ1v) is 9.38. The van der Waals surface area contributed by atoms with Crippen LogP contribution < -0.4 is 5.32 Å². The van der Waals surface area contributed by atoms with E-state index in [9.17, 15) is 4.79 Å². The number of likely N-dealkylation sites (tertiary alicyclic amines) is 1. The van der Waals surface area contributed by atoms with Gasteiger partial charge in [-0.3, -0.25) is 4.79 Å². The predicted octanol–water partition coefficient (Wildman–Crippen LogP) is 2.92. The number of carbonyl (C=O) groups excluding carboxylic acids is 1. The smallest absolute Gasteiger partial charge is 0.223 e. The summed E-state index contributed by atoms with van der Waals surface area (Å²) >= 11 is 0. The Bertz CT molecular complexity index is 371. The molecule has 2 fully saturated rings. The highest BCUT2D eigenvalue weighted by Gasteiger charge is 2.46. The van der Waals surface area contributed by atoms with Crippen LogP contribution in [-0.4, -0.2) is 50.2 Å². The zero-order valence-corrected chi connectivity index (χ0v) is 15.7. The van der Waals surface area contributed by atoms with Crippen molar-refractivity contribution in [3.63, 3.8) is 0 Å². The lowest BCUT2D eigenvalue weighted by Gasteiger charge is -2.52. The molecule has 23 heavy (non-hydrogen) atoms. The molecule has 0 bridgehead atoms. The van der Waals surface area contributed by atoms with Crippen molar-refractivity contribution in [3.8, 4) is 0 Å².